The molecule has 8 atom stereocenters. The summed E-state index contributed by atoms with van der Waals surface area (Å²) in [6.07, 6.45) is 26.1. The van der Waals surface area contributed by atoms with E-state index in [1.807, 2.05) is 153 Å². The molecule has 13 heterocycles. The fourth-order valence-electron chi connectivity index (χ4n) is 14.9. The lowest BCUT2D eigenvalue weighted by Crippen LogP contribution is -2.34. The number of rotatable bonds is 19. The number of alkyl halides is 2. The van der Waals surface area contributed by atoms with Gasteiger partial charge in [0.05, 0.1) is 134 Å². The lowest BCUT2D eigenvalue weighted by Gasteiger charge is -2.23. The molecule has 6 aliphatic rings. The van der Waals surface area contributed by atoms with Crippen LogP contribution in [0, 0.1) is 42.6 Å². The van der Waals surface area contributed by atoms with E-state index in [-0.39, 0.29) is 144 Å². The summed E-state index contributed by atoms with van der Waals surface area (Å²) in [5, 5.41) is 68.1. The predicted molar refractivity (Wildman–Crippen MR) is 572 cm³/mol. The van der Waals surface area contributed by atoms with E-state index < -0.39 is 0 Å². The van der Waals surface area contributed by atoms with E-state index >= 15 is 0 Å². The van der Waals surface area contributed by atoms with Gasteiger partial charge in [-0.05, 0) is 244 Å². The third-order valence-corrected chi connectivity index (χ3v) is 23.1. The monoisotopic (exact) mass is 2080 g/mol. The third-order valence-electron chi connectivity index (χ3n) is 22.5. The van der Waals surface area contributed by atoms with Crippen LogP contribution >= 0.6 is 54.0 Å². The third kappa shape index (κ3) is 40.6. The number of imidazole rings is 2. The van der Waals surface area contributed by atoms with Gasteiger partial charge >= 0.3 is 0 Å². The molecule has 7 aromatic heterocycles. The normalized spacial score (nSPS) is 16.0. The van der Waals surface area contributed by atoms with Gasteiger partial charge in [-0.15, -0.1) is 54.0 Å². The Hall–Kier alpha value is -12.5. The summed E-state index contributed by atoms with van der Waals surface area (Å²) in [5.74, 6) is 5.31. The smallest absolute Gasteiger partial charge is 0.223 e. The highest BCUT2D eigenvalue weighted by Gasteiger charge is 2.34. The van der Waals surface area contributed by atoms with Crippen LogP contribution in [0.5, 0.6) is 17.2 Å². The number of aryl methyl sites for hydroxylation is 4. The molecule has 772 valence electrons. The highest BCUT2D eigenvalue weighted by molar-refractivity contribution is 7.15. The first-order chi connectivity index (χ1) is 69.4. The zero-order chi connectivity index (χ0) is 104. The first kappa shape index (κ1) is 120. The highest BCUT2D eigenvalue weighted by atomic mass is 35.5. The van der Waals surface area contributed by atoms with Gasteiger partial charge in [0, 0.05) is 148 Å². The molecule has 35 heteroatoms. The van der Waals surface area contributed by atoms with Gasteiger partial charge in [-0.1, -0.05) is 75.7 Å². The SMILES string of the molecule is C.C.COc1ccc(C)cc1.COc1ccc(C)cc1.COc1ccc(CCl)cc1.Cl.ClCc1ccncc1.N#Cc1ccc(F)cc1.O=C1CC[C@H](CO)N1.O=C1CC[C@H](CO)N1.O=C1CC[C@H](CO)N1Cc1ccncc1.O=C1CC[C@H](CO)N1Cc1ccncc1.OC[C@H]1CCc2nc(-c3ccc(F)cc3)c(-c3ccncc3)n21.OC[C@H]1CCc2nc(-c3ccc(F)cc3)c(-c3ccncc3)n21.[3H]PC.[3H]PC. The molecular formula is C109H136Cl3F3N14O13P2. The minimum atomic E-state index is -0.311. The summed E-state index contributed by atoms with van der Waals surface area (Å²) < 4.78 is 70.2. The van der Waals surface area contributed by atoms with Crippen LogP contribution in [0.2, 0.25) is 0 Å². The Balaban J connectivity index is 0.000000340. The first-order valence-electron chi connectivity index (χ1n) is 46.8. The Kier molecular flexibility index (Phi) is 58.0. The zero-order valence-corrected chi connectivity index (χ0v) is 85.0. The Morgan fingerprint density at radius 2 is 0.681 bits per heavy atom. The molecule has 4 fully saturated rings. The average molecular weight is 2080 g/mol. The Morgan fingerprint density at radius 1 is 0.396 bits per heavy atom. The molecule has 0 spiro atoms. The number of likely N-dealkylation sites (tertiary alicyclic amines) is 2. The fourth-order valence-corrected chi connectivity index (χ4v) is 15.3. The molecule has 19 rings (SSSR count). The van der Waals surface area contributed by atoms with Crippen molar-refractivity contribution < 1.29 is 77.2 Å². The molecule has 144 heavy (non-hydrogen) atoms. The first-order valence-corrected chi connectivity index (χ1v) is 48.8. The Bertz CT molecular complexity index is 5550. The van der Waals surface area contributed by atoms with Crippen LogP contribution in [0.3, 0.4) is 0 Å². The maximum atomic E-state index is 13.2. The van der Waals surface area contributed by atoms with Crippen molar-refractivity contribution in [2.24, 2.45) is 0 Å². The molecule has 4 amide bonds. The molecule has 27 nitrogen and oxygen atoms in total. The number of halogens is 6. The van der Waals surface area contributed by atoms with Gasteiger partial charge in [0.2, 0.25) is 23.6 Å². The second-order valence-electron chi connectivity index (χ2n) is 32.0. The Morgan fingerprint density at radius 3 is 0.944 bits per heavy atom. The van der Waals surface area contributed by atoms with Crippen LogP contribution in [0.4, 0.5) is 13.2 Å². The van der Waals surface area contributed by atoms with Crippen molar-refractivity contribution in [1.29, 1.82) is 7.82 Å². The van der Waals surface area contributed by atoms with E-state index in [4.69, 9.17) is 75.6 Å². The van der Waals surface area contributed by atoms with Crippen molar-refractivity contribution >= 4 is 77.6 Å². The molecule has 0 aliphatic carbocycles. The number of benzene rings is 6. The predicted octanol–water partition coefficient (Wildman–Crippen LogP) is 18.7. The largest absolute Gasteiger partial charge is 0.497 e. The van der Waals surface area contributed by atoms with Crippen molar-refractivity contribution in [2.45, 2.75) is 167 Å². The molecule has 6 aromatic carbocycles. The molecule has 4 saturated heterocycles. The van der Waals surface area contributed by atoms with Gasteiger partial charge in [0.1, 0.15) is 46.3 Å². The number of aliphatic hydroxyl groups is 6. The molecule has 6 aliphatic heterocycles. The number of hydrogen-bond acceptors (Lipinski definition) is 21. The molecule has 0 bridgehead atoms. The maximum Gasteiger partial charge on any atom is 0.223 e. The number of ether oxygens (including phenoxy) is 3. The van der Waals surface area contributed by atoms with E-state index in [2.05, 4.69) is 58.5 Å². The number of nitrogens with zero attached hydrogens (tertiary/aromatic N) is 12. The summed E-state index contributed by atoms with van der Waals surface area (Å²) >= 11 is 11.1. The van der Waals surface area contributed by atoms with Gasteiger partial charge in [0.25, 0.3) is 0 Å². The van der Waals surface area contributed by atoms with Crippen molar-refractivity contribution in [3.63, 3.8) is 0 Å². The summed E-state index contributed by atoms with van der Waals surface area (Å²) in [5.41, 5.74) is 14.7. The zero-order valence-electron chi connectivity index (χ0n) is 82.6. The van der Waals surface area contributed by atoms with E-state index in [1.54, 1.807) is 117 Å². The van der Waals surface area contributed by atoms with Gasteiger partial charge in [-0.25, -0.2) is 23.1 Å². The molecule has 2 unspecified atom stereocenters. The number of fused-ring (bicyclic) bond motifs is 2. The number of aromatic nitrogens is 9. The molecular weight excluding hydrogens is 1940 g/mol. The lowest BCUT2D eigenvalue weighted by molar-refractivity contribution is -0.130. The van der Waals surface area contributed by atoms with Gasteiger partial charge in [-0.2, -0.15) is 5.26 Å². The summed E-state index contributed by atoms with van der Waals surface area (Å²) in [4.78, 5) is 76.7. The van der Waals surface area contributed by atoms with Crippen molar-refractivity contribution in [2.75, 3.05) is 74.3 Å². The minimum absolute atomic E-state index is 0. The topological polar surface area (TPSA) is 372 Å². The molecule has 13 aromatic rings. The number of methoxy groups -OCH3 is 3. The Labute approximate surface area is 867 Å². The molecule has 8 N–H and O–H groups in total. The van der Waals surface area contributed by atoms with E-state index in [9.17, 15) is 42.6 Å². The number of amides is 4. The maximum absolute atomic E-state index is 13.2. The van der Waals surface area contributed by atoms with Crippen molar-refractivity contribution in [3.05, 3.63) is 336 Å². The van der Waals surface area contributed by atoms with Gasteiger partial charge in [-0.3, -0.25) is 44.1 Å². The van der Waals surface area contributed by atoms with E-state index in [0.29, 0.717) is 74.5 Å². The van der Waals surface area contributed by atoms with Crippen molar-refractivity contribution in [3.8, 4) is 68.3 Å². The standard InChI is InChI=1S/2C18H16FN3O.2C11H14N2O2.C8H9ClO.2C8H10O.C7H4FN.C6H6ClN.2C5H9NO2.2CH5P.2CH4.ClH/c2*19-14-3-1-12(2-4-14)17-18(13-7-9-20-10-8-13)22-15(11-23)5-6-16(22)21-17;2*14-8-10-1-2-11(15)13(10)7-9-3-5-12-6-4-9;1-10-8-4-2-7(6-9)3-5-8;2*1-7-3-5-8(9-2)6-4-7;8-7-3-1-6(5-9)2-4-7;7-5-6-1-3-8-4-2-6;2*7-3-4-1-2-5(8)6-4;2*1-2;;;/h2*1-4,7-10,15,23H,5-6,11H2;2*3-6,10,14H,1-2,7-8H2;2-5H,6H2,1H3;2*3-6H,1-2H3;1-4H;1-4H,5H2;2*4,7H,1-3H2,(H,6,8);2*2H2,1H3;2*1H4;1H/t2*15-;2*10-;;;;;;2*4-;;;;;/m1111.....11...../s1/i;;;;;;;;;;;2*2T;;;. The van der Waals surface area contributed by atoms with Crippen molar-refractivity contribution in [1.82, 2.24) is 64.5 Å². The molecule has 0 radical (unpaired) electrons. The number of carbonyl (C=O) groups excluding carboxylic acids is 4. The van der Waals surface area contributed by atoms with Crippen LogP contribution in [0.15, 0.2) is 268 Å². The number of nitriles is 1. The summed E-state index contributed by atoms with van der Waals surface area (Å²) in [6.45, 7) is 9.33. The number of carbonyl (C=O) groups is 4. The lowest BCUT2D eigenvalue weighted by atomic mass is 10.0. The van der Waals surface area contributed by atoms with Crippen LogP contribution in [-0.4, -0.2) is 209 Å². The van der Waals surface area contributed by atoms with Crippen LogP contribution < -0.4 is 24.8 Å². The van der Waals surface area contributed by atoms with Gasteiger partial charge < -0.3 is 74.4 Å². The number of hydrogen-bond donors (Lipinski definition) is 8. The van der Waals surface area contributed by atoms with Crippen LogP contribution in [0.25, 0.3) is 45.0 Å². The number of nitrogens with one attached hydrogen (secondary N) is 2. The number of pyridine rings is 5. The average Bonchev–Trinajstić information content (AvgIpc) is 1.60. The minimum Gasteiger partial charge on any atom is -0.497 e. The second-order valence-corrected chi connectivity index (χ2v) is 32.6. The van der Waals surface area contributed by atoms with E-state index in [0.717, 1.165) is 148 Å². The summed E-state index contributed by atoms with van der Waals surface area (Å²) in [7, 11) is 5.66. The quantitative estimate of drug-likeness (QED) is 0.0275. The van der Waals surface area contributed by atoms with Crippen LogP contribution in [0.1, 0.15) is 142 Å². The fraction of sp³-hybridized carbons (Fsp3) is 0.339. The summed E-state index contributed by atoms with van der Waals surface area (Å²) in [6, 6.07) is 62.9. The highest BCUT2D eigenvalue weighted by Crippen LogP contribution is 2.42. The second kappa shape index (κ2) is 69.5. The molecule has 0 saturated carbocycles. The van der Waals surface area contributed by atoms with E-state index in [1.165, 1.54) is 59.7 Å². The van der Waals surface area contributed by atoms with Crippen LogP contribution in [-0.2, 0) is 56.9 Å². The van der Waals surface area contributed by atoms with Gasteiger partial charge in [0.15, 0.2) is 0 Å². The number of aliphatic hydroxyl groups excluding tert-OH is 6.